The quantitative estimate of drug-likeness (QED) is 0.598. The molecule has 0 N–H and O–H groups in total. The molecule has 1 aromatic carbocycles. The van der Waals surface area contributed by atoms with Gasteiger partial charge in [0.05, 0.1) is 0 Å². The molecule has 2 rings (SSSR count). The lowest BCUT2D eigenvalue weighted by Gasteiger charge is -1.97. The third-order valence-electron chi connectivity index (χ3n) is 2.14. The molecule has 0 radical (unpaired) electrons. The van der Waals surface area contributed by atoms with E-state index in [1.54, 1.807) is 0 Å². The van der Waals surface area contributed by atoms with Crippen molar-refractivity contribution in [1.29, 1.82) is 0 Å². The van der Waals surface area contributed by atoms with E-state index >= 15 is 0 Å². The summed E-state index contributed by atoms with van der Waals surface area (Å²) in [6.07, 6.45) is 4.60. The van der Waals surface area contributed by atoms with Crippen molar-refractivity contribution >= 4 is 5.57 Å². The average Bonchev–Trinajstić information content (AvgIpc) is 2.87. The fourth-order valence-electron chi connectivity index (χ4n) is 1.24. The number of benzene rings is 1. The van der Waals surface area contributed by atoms with Crippen molar-refractivity contribution in [3.63, 3.8) is 0 Å². The summed E-state index contributed by atoms with van der Waals surface area (Å²) in [4.78, 5) is 0. The monoisotopic (exact) mass is 144 g/mol. The largest absolute Gasteiger partial charge is 0.0760 e. The summed E-state index contributed by atoms with van der Waals surface area (Å²) in [5.74, 6) is 0. The average molecular weight is 144 g/mol. The lowest BCUT2D eigenvalue weighted by atomic mass is 10.1. The zero-order valence-corrected chi connectivity index (χ0v) is 6.80. The van der Waals surface area contributed by atoms with E-state index in [4.69, 9.17) is 0 Å². The molecule has 11 heavy (non-hydrogen) atoms. The molecule has 0 fully saturated rings. The second-order valence-corrected chi connectivity index (χ2v) is 2.98. The Kier molecular flexibility index (Phi) is 1.54. The van der Waals surface area contributed by atoms with Gasteiger partial charge in [0.1, 0.15) is 0 Å². The third kappa shape index (κ3) is 1.35. The van der Waals surface area contributed by atoms with Crippen LogP contribution in [0.4, 0.5) is 0 Å². The highest BCUT2D eigenvalue weighted by Crippen LogP contribution is 2.30. The van der Waals surface area contributed by atoms with E-state index < -0.39 is 0 Å². The number of aryl methyl sites for hydroxylation is 1. The fourth-order valence-corrected chi connectivity index (χ4v) is 1.24. The number of hydrogen-bond donors (Lipinski definition) is 0. The van der Waals surface area contributed by atoms with E-state index in [0.29, 0.717) is 0 Å². The smallest absolute Gasteiger partial charge is 0.00884 e. The molecule has 0 heterocycles. The summed E-state index contributed by atoms with van der Waals surface area (Å²) >= 11 is 0. The molecule has 0 unspecified atom stereocenters. The lowest BCUT2D eigenvalue weighted by Crippen LogP contribution is -1.79. The predicted molar refractivity (Wildman–Crippen MR) is 48.4 cm³/mol. The summed E-state index contributed by atoms with van der Waals surface area (Å²) in [7, 11) is 0. The summed E-state index contributed by atoms with van der Waals surface area (Å²) in [6, 6.07) is 8.87. The van der Waals surface area contributed by atoms with E-state index in [1.807, 2.05) is 0 Å². The van der Waals surface area contributed by atoms with Crippen LogP contribution in [0.5, 0.6) is 0 Å². The van der Waals surface area contributed by atoms with Crippen LogP contribution in [0, 0.1) is 0 Å². The number of rotatable bonds is 2. The maximum Gasteiger partial charge on any atom is -0.00884 e. The standard InChI is InChI=1S/C11H12/c1-2-9-3-5-10(6-4-9)11-7-8-11/h3-7H,2,8H2,1H3. The van der Waals surface area contributed by atoms with Gasteiger partial charge < -0.3 is 0 Å². The molecule has 0 atom stereocenters. The van der Waals surface area contributed by atoms with Gasteiger partial charge in [-0.15, -0.1) is 0 Å². The highest BCUT2D eigenvalue weighted by molar-refractivity contribution is 5.77. The minimum absolute atomic E-state index is 1.14. The topological polar surface area (TPSA) is 0 Å². The Hall–Kier alpha value is -1.04. The van der Waals surface area contributed by atoms with Crippen molar-refractivity contribution in [3.05, 3.63) is 41.5 Å². The predicted octanol–water partition coefficient (Wildman–Crippen LogP) is 3.04. The van der Waals surface area contributed by atoms with Gasteiger partial charge in [-0.2, -0.15) is 0 Å². The molecule has 1 aliphatic rings. The van der Waals surface area contributed by atoms with Gasteiger partial charge in [0.15, 0.2) is 0 Å². The van der Waals surface area contributed by atoms with Crippen molar-refractivity contribution in [2.45, 2.75) is 19.8 Å². The maximum atomic E-state index is 2.26. The van der Waals surface area contributed by atoms with Crippen molar-refractivity contribution in [2.75, 3.05) is 0 Å². The Balaban J connectivity index is 2.26. The number of hydrogen-bond acceptors (Lipinski definition) is 0. The zero-order valence-electron chi connectivity index (χ0n) is 6.80. The first-order valence-corrected chi connectivity index (χ1v) is 4.18. The van der Waals surface area contributed by atoms with Crippen molar-refractivity contribution in [3.8, 4) is 0 Å². The molecule has 56 valence electrons. The summed E-state index contributed by atoms with van der Waals surface area (Å²) in [6.45, 7) is 2.19. The van der Waals surface area contributed by atoms with E-state index in [-0.39, 0.29) is 0 Å². The van der Waals surface area contributed by atoms with Gasteiger partial charge in [0.25, 0.3) is 0 Å². The molecule has 0 saturated heterocycles. The first kappa shape index (κ1) is 6.66. The summed E-state index contributed by atoms with van der Waals surface area (Å²) in [5, 5.41) is 0. The fraction of sp³-hybridized carbons (Fsp3) is 0.273. The molecule has 0 bridgehead atoms. The molecule has 0 aliphatic heterocycles. The van der Waals surface area contributed by atoms with Crippen LogP contribution >= 0.6 is 0 Å². The first-order chi connectivity index (χ1) is 5.40. The van der Waals surface area contributed by atoms with Crippen LogP contribution < -0.4 is 0 Å². The normalized spacial score (nSPS) is 14.5. The molecular weight excluding hydrogens is 132 g/mol. The van der Waals surface area contributed by atoms with Crippen LogP contribution in [0.15, 0.2) is 30.3 Å². The molecule has 1 aliphatic carbocycles. The number of allylic oxidation sites excluding steroid dienone is 2. The Morgan fingerprint density at radius 3 is 2.27 bits per heavy atom. The van der Waals surface area contributed by atoms with Crippen molar-refractivity contribution in [2.24, 2.45) is 0 Å². The van der Waals surface area contributed by atoms with Crippen LogP contribution in [0.1, 0.15) is 24.5 Å². The Bertz CT molecular complexity index is 277. The zero-order chi connectivity index (χ0) is 7.68. The van der Waals surface area contributed by atoms with Gasteiger partial charge in [-0.25, -0.2) is 0 Å². The molecule has 0 heteroatoms. The van der Waals surface area contributed by atoms with Crippen LogP contribution in [0.2, 0.25) is 0 Å². The SMILES string of the molecule is CCc1ccc(C2=CC2)cc1. The Morgan fingerprint density at radius 2 is 1.82 bits per heavy atom. The Labute approximate surface area is 67.6 Å². The molecule has 0 amide bonds. The maximum absolute atomic E-state index is 2.26. The van der Waals surface area contributed by atoms with E-state index in [9.17, 15) is 0 Å². The van der Waals surface area contributed by atoms with Crippen LogP contribution in [-0.2, 0) is 6.42 Å². The summed E-state index contributed by atoms with van der Waals surface area (Å²) in [5.41, 5.74) is 4.34. The van der Waals surface area contributed by atoms with Crippen molar-refractivity contribution in [1.82, 2.24) is 0 Å². The van der Waals surface area contributed by atoms with Crippen molar-refractivity contribution < 1.29 is 0 Å². The second-order valence-electron chi connectivity index (χ2n) is 2.98. The molecule has 0 saturated carbocycles. The summed E-state index contributed by atoms with van der Waals surface area (Å²) < 4.78 is 0. The Morgan fingerprint density at radius 1 is 1.18 bits per heavy atom. The van der Waals surface area contributed by atoms with E-state index in [0.717, 1.165) is 6.42 Å². The minimum atomic E-state index is 1.14. The molecular formula is C11H12. The van der Waals surface area contributed by atoms with Gasteiger partial charge in [0.2, 0.25) is 0 Å². The van der Waals surface area contributed by atoms with Gasteiger partial charge in [-0.05, 0) is 29.5 Å². The molecule has 0 aromatic heterocycles. The van der Waals surface area contributed by atoms with Gasteiger partial charge >= 0.3 is 0 Å². The molecule has 1 aromatic rings. The first-order valence-electron chi connectivity index (χ1n) is 4.18. The van der Waals surface area contributed by atoms with Gasteiger partial charge in [0, 0.05) is 0 Å². The van der Waals surface area contributed by atoms with Crippen LogP contribution in [0.3, 0.4) is 0 Å². The highest BCUT2D eigenvalue weighted by Gasteiger charge is 2.08. The van der Waals surface area contributed by atoms with E-state index in [2.05, 4.69) is 37.3 Å². The van der Waals surface area contributed by atoms with Crippen LogP contribution in [-0.4, -0.2) is 0 Å². The minimum Gasteiger partial charge on any atom is -0.0760 e. The van der Waals surface area contributed by atoms with E-state index in [1.165, 1.54) is 23.1 Å². The van der Waals surface area contributed by atoms with Crippen LogP contribution in [0.25, 0.3) is 5.57 Å². The second kappa shape index (κ2) is 2.54. The molecule has 0 nitrogen and oxygen atoms in total. The lowest BCUT2D eigenvalue weighted by molar-refractivity contribution is 1.14. The van der Waals surface area contributed by atoms with Gasteiger partial charge in [-0.1, -0.05) is 37.3 Å². The van der Waals surface area contributed by atoms with Gasteiger partial charge in [-0.3, -0.25) is 0 Å². The third-order valence-corrected chi connectivity index (χ3v) is 2.14. The highest BCUT2D eigenvalue weighted by atomic mass is 14.1. The molecule has 0 spiro atoms.